The zero-order chi connectivity index (χ0) is 11.4. The highest BCUT2D eigenvalue weighted by molar-refractivity contribution is 7.09. The highest BCUT2D eigenvalue weighted by Gasteiger charge is 2.14. The topological polar surface area (TPSA) is 48.1 Å². The fraction of sp³-hybridized carbons (Fsp3) is 0.727. The molecule has 0 saturated heterocycles. The molecule has 1 aromatic heterocycles. The summed E-state index contributed by atoms with van der Waals surface area (Å²) in [4.78, 5) is 4.50. The Bertz CT molecular complexity index is 299. The van der Waals surface area contributed by atoms with E-state index in [1.807, 2.05) is 12.3 Å². The lowest BCUT2D eigenvalue weighted by Crippen LogP contribution is -2.13. The summed E-state index contributed by atoms with van der Waals surface area (Å²) in [5.74, 6) is 0.602. The van der Waals surface area contributed by atoms with Crippen LogP contribution in [0, 0.1) is 5.92 Å². The van der Waals surface area contributed by atoms with E-state index in [0.29, 0.717) is 5.92 Å². The molecule has 0 aromatic carbocycles. The second-order valence-corrected chi connectivity index (χ2v) is 5.11. The zero-order valence-electron chi connectivity index (χ0n) is 9.86. The maximum absolute atomic E-state index is 6.05. The van der Waals surface area contributed by atoms with Crippen molar-refractivity contribution < 1.29 is 4.74 Å². The average molecular weight is 228 g/mol. The van der Waals surface area contributed by atoms with Crippen LogP contribution in [0.4, 0.5) is 0 Å². The average Bonchev–Trinajstić information content (AvgIpc) is 2.64. The molecule has 2 N–H and O–H groups in total. The Balaban J connectivity index is 2.66. The van der Waals surface area contributed by atoms with Gasteiger partial charge in [0.1, 0.15) is 11.1 Å². The predicted molar refractivity (Wildman–Crippen MR) is 63.9 cm³/mol. The van der Waals surface area contributed by atoms with E-state index in [2.05, 4.69) is 18.8 Å². The standard InChI is InChI=1S/C11H20N2OS/c1-7(2)5-9(12)10-6-15-11(13-10)8(3)14-4/h6-9H,5,12H2,1-4H3. The molecule has 2 unspecified atom stereocenters. The van der Waals surface area contributed by atoms with Crippen LogP contribution in [0.1, 0.15) is 50.0 Å². The highest BCUT2D eigenvalue weighted by Crippen LogP contribution is 2.25. The molecule has 0 bridgehead atoms. The number of ether oxygens (including phenoxy) is 1. The second-order valence-electron chi connectivity index (χ2n) is 4.22. The Hall–Kier alpha value is -0.450. The third-order valence-electron chi connectivity index (χ3n) is 2.35. The van der Waals surface area contributed by atoms with Crippen LogP contribution >= 0.6 is 11.3 Å². The third-order valence-corrected chi connectivity index (χ3v) is 3.37. The monoisotopic (exact) mass is 228 g/mol. The molecular weight excluding hydrogens is 208 g/mol. The van der Waals surface area contributed by atoms with Gasteiger partial charge in [-0.05, 0) is 19.3 Å². The molecule has 86 valence electrons. The van der Waals surface area contributed by atoms with Gasteiger partial charge in [0.25, 0.3) is 0 Å². The van der Waals surface area contributed by atoms with Gasteiger partial charge in [0.15, 0.2) is 0 Å². The van der Waals surface area contributed by atoms with E-state index in [-0.39, 0.29) is 12.1 Å². The van der Waals surface area contributed by atoms with Crippen LogP contribution in [0.5, 0.6) is 0 Å². The molecule has 0 radical (unpaired) electrons. The molecule has 2 atom stereocenters. The van der Waals surface area contributed by atoms with Crippen LogP contribution in [0.15, 0.2) is 5.38 Å². The molecule has 1 rings (SSSR count). The Labute approximate surface area is 95.7 Å². The van der Waals surface area contributed by atoms with Crippen molar-refractivity contribution in [1.29, 1.82) is 0 Å². The van der Waals surface area contributed by atoms with Crippen LogP contribution in [0.3, 0.4) is 0 Å². The summed E-state index contributed by atoms with van der Waals surface area (Å²) in [5.41, 5.74) is 7.05. The first kappa shape index (κ1) is 12.6. The number of rotatable bonds is 5. The maximum atomic E-state index is 6.05. The summed E-state index contributed by atoms with van der Waals surface area (Å²) < 4.78 is 5.22. The van der Waals surface area contributed by atoms with Gasteiger partial charge >= 0.3 is 0 Å². The smallest absolute Gasteiger partial charge is 0.122 e. The van der Waals surface area contributed by atoms with Crippen LogP contribution < -0.4 is 5.73 Å². The molecule has 1 heterocycles. The van der Waals surface area contributed by atoms with Crippen molar-refractivity contribution in [3.8, 4) is 0 Å². The normalized spacial score (nSPS) is 15.6. The summed E-state index contributed by atoms with van der Waals surface area (Å²) in [6, 6.07) is 0.0547. The van der Waals surface area contributed by atoms with E-state index < -0.39 is 0 Å². The van der Waals surface area contributed by atoms with Crippen molar-refractivity contribution in [2.75, 3.05) is 7.11 Å². The van der Waals surface area contributed by atoms with Gasteiger partial charge < -0.3 is 10.5 Å². The quantitative estimate of drug-likeness (QED) is 0.843. The van der Waals surface area contributed by atoms with Gasteiger partial charge in [0, 0.05) is 18.5 Å². The van der Waals surface area contributed by atoms with E-state index in [9.17, 15) is 0 Å². The zero-order valence-corrected chi connectivity index (χ0v) is 10.7. The number of nitrogens with two attached hydrogens (primary N) is 1. The minimum atomic E-state index is 0.0547. The first-order valence-electron chi connectivity index (χ1n) is 5.28. The molecule has 0 aliphatic rings. The molecule has 3 nitrogen and oxygen atoms in total. The fourth-order valence-electron chi connectivity index (χ4n) is 1.39. The SMILES string of the molecule is COC(C)c1nc(C(N)CC(C)C)cs1. The van der Waals surface area contributed by atoms with Gasteiger partial charge in [0.05, 0.1) is 5.69 Å². The van der Waals surface area contributed by atoms with Crippen molar-refractivity contribution in [2.24, 2.45) is 11.7 Å². The minimum Gasteiger partial charge on any atom is -0.375 e. The molecule has 1 aromatic rings. The second kappa shape index (κ2) is 5.58. The number of aromatic nitrogens is 1. The summed E-state index contributed by atoms with van der Waals surface area (Å²) in [7, 11) is 1.69. The van der Waals surface area contributed by atoms with E-state index in [1.165, 1.54) is 0 Å². The summed E-state index contributed by atoms with van der Waals surface area (Å²) in [5, 5.41) is 3.05. The van der Waals surface area contributed by atoms with Gasteiger partial charge in [0.2, 0.25) is 0 Å². The molecule has 0 fully saturated rings. The molecule has 0 aliphatic carbocycles. The Kier molecular flexibility index (Phi) is 4.70. The molecule has 4 heteroatoms. The van der Waals surface area contributed by atoms with E-state index in [1.54, 1.807) is 18.4 Å². The van der Waals surface area contributed by atoms with Gasteiger partial charge in [-0.1, -0.05) is 13.8 Å². The van der Waals surface area contributed by atoms with Crippen molar-refractivity contribution in [1.82, 2.24) is 4.98 Å². The van der Waals surface area contributed by atoms with Crippen molar-refractivity contribution in [2.45, 2.75) is 39.3 Å². The molecule has 0 aliphatic heterocycles. The molecule has 0 amide bonds. The van der Waals surface area contributed by atoms with Crippen LogP contribution in [-0.2, 0) is 4.74 Å². The maximum Gasteiger partial charge on any atom is 0.122 e. The highest BCUT2D eigenvalue weighted by atomic mass is 32.1. The third kappa shape index (κ3) is 3.55. The van der Waals surface area contributed by atoms with E-state index >= 15 is 0 Å². The van der Waals surface area contributed by atoms with E-state index in [4.69, 9.17) is 10.5 Å². The summed E-state index contributed by atoms with van der Waals surface area (Å²) in [6.07, 6.45) is 1.04. The Morgan fingerprint density at radius 3 is 2.67 bits per heavy atom. The molecule has 0 spiro atoms. The first-order valence-corrected chi connectivity index (χ1v) is 6.16. The lowest BCUT2D eigenvalue weighted by Gasteiger charge is -2.11. The van der Waals surface area contributed by atoms with Crippen molar-refractivity contribution in [3.63, 3.8) is 0 Å². The van der Waals surface area contributed by atoms with Gasteiger partial charge in [-0.3, -0.25) is 0 Å². The lowest BCUT2D eigenvalue weighted by molar-refractivity contribution is 0.119. The Morgan fingerprint density at radius 1 is 1.47 bits per heavy atom. The number of thiazole rings is 1. The van der Waals surface area contributed by atoms with Crippen LogP contribution in [-0.4, -0.2) is 12.1 Å². The fourth-order valence-corrected chi connectivity index (χ4v) is 2.30. The largest absolute Gasteiger partial charge is 0.375 e. The van der Waals surface area contributed by atoms with Crippen LogP contribution in [0.2, 0.25) is 0 Å². The van der Waals surface area contributed by atoms with Crippen molar-refractivity contribution in [3.05, 3.63) is 16.1 Å². The number of methoxy groups -OCH3 is 1. The molecular formula is C11H20N2OS. The number of nitrogens with zero attached hydrogens (tertiary/aromatic N) is 1. The number of hydrogen-bond donors (Lipinski definition) is 1. The van der Waals surface area contributed by atoms with E-state index in [0.717, 1.165) is 17.1 Å². The number of hydrogen-bond acceptors (Lipinski definition) is 4. The Morgan fingerprint density at radius 2 is 2.13 bits per heavy atom. The van der Waals surface area contributed by atoms with Crippen molar-refractivity contribution >= 4 is 11.3 Å². The van der Waals surface area contributed by atoms with Crippen LogP contribution in [0.25, 0.3) is 0 Å². The minimum absolute atomic E-state index is 0.0547. The van der Waals surface area contributed by atoms with Gasteiger partial charge in [-0.2, -0.15) is 0 Å². The first-order chi connectivity index (χ1) is 7.04. The lowest BCUT2D eigenvalue weighted by atomic mass is 10.0. The summed E-state index contributed by atoms with van der Waals surface area (Å²) >= 11 is 1.62. The predicted octanol–water partition coefficient (Wildman–Crippen LogP) is 2.90. The summed E-state index contributed by atoms with van der Waals surface area (Å²) in [6.45, 7) is 6.34. The molecule has 15 heavy (non-hydrogen) atoms. The van der Waals surface area contributed by atoms with Gasteiger partial charge in [-0.15, -0.1) is 11.3 Å². The molecule has 0 saturated carbocycles. The van der Waals surface area contributed by atoms with Gasteiger partial charge in [-0.25, -0.2) is 4.98 Å².